The van der Waals surface area contributed by atoms with E-state index >= 15 is 0 Å². The first kappa shape index (κ1) is 19.7. The summed E-state index contributed by atoms with van der Waals surface area (Å²) < 4.78 is 6.01. The summed E-state index contributed by atoms with van der Waals surface area (Å²) in [6.07, 6.45) is 3.38. The van der Waals surface area contributed by atoms with Gasteiger partial charge in [-0.15, -0.1) is 0 Å². The Labute approximate surface area is 165 Å². The summed E-state index contributed by atoms with van der Waals surface area (Å²) in [6, 6.07) is 12.8. The summed E-state index contributed by atoms with van der Waals surface area (Å²) in [5.41, 5.74) is 1.39. The fraction of sp³-hybridized carbons (Fsp3) is 0.381. The van der Waals surface area contributed by atoms with Gasteiger partial charge in [0.15, 0.2) is 0 Å². The lowest BCUT2D eigenvalue weighted by Gasteiger charge is -2.33. The van der Waals surface area contributed by atoms with Crippen molar-refractivity contribution in [2.75, 3.05) is 27.2 Å². The van der Waals surface area contributed by atoms with Crippen molar-refractivity contribution >= 4 is 11.9 Å². The minimum Gasteiger partial charge on any atom is -0.490 e. The van der Waals surface area contributed by atoms with Crippen LogP contribution < -0.4 is 10.1 Å². The molecule has 1 aromatic heterocycles. The molecule has 0 saturated carbocycles. The molecule has 0 bridgehead atoms. The van der Waals surface area contributed by atoms with Crippen molar-refractivity contribution in [3.05, 3.63) is 59.9 Å². The molecule has 1 fully saturated rings. The fourth-order valence-corrected chi connectivity index (χ4v) is 3.10. The van der Waals surface area contributed by atoms with Gasteiger partial charge in [0.1, 0.15) is 11.9 Å². The average molecular weight is 382 g/mol. The predicted molar refractivity (Wildman–Crippen MR) is 106 cm³/mol. The fourth-order valence-electron chi connectivity index (χ4n) is 3.10. The molecule has 7 heteroatoms. The number of urea groups is 1. The van der Waals surface area contributed by atoms with Crippen molar-refractivity contribution in [1.29, 1.82) is 0 Å². The van der Waals surface area contributed by atoms with Crippen molar-refractivity contribution in [2.24, 2.45) is 0 Å². The van der Waals surface area contributed by atoms with Crippen molar-refractivity contribution in [3.63, 3.8) is 0 Å². The van der Waals surface area contributed by atoms with Crippen LogP contribution in [0.2, 0.25) is 0 Å². The Kier molecular flexibility index (Phi) is 6.47. The van der Waals surface area contributed by atoms with Crippen LogP contribution >= 0.6 is 0 Å². The number of pyridine rings is 1. The van der Waals surface area contributed by atoms with Gasteiger partial charge in [-0.1, -0.05) is 6.07 Å². The summed E-state index contributed by atoms with van der Waals surface area (Å²) in [5.74, 6) is 0.589. The van der Waals surface area contributed by atoms with Crippen molar-refractivity contribution in [2.45, 2.75) is 25.5 Å². The lowest BCUT2D eigenvalue weighted by Crippen LogP contribution is -2.46. The average Bonchev–Trinajstić information content (AvgIpc) is 2.73. The molecule has 2 aromatic rings. The van der Waals surface area contributed by atoms with E-state index in [1.54, 1.807) is 37.3 Å². The lowest BCUT2D eigenvalue weighted by molar-refractivity contribution is 0.0950. The van der Waals surface area contributed by atoms with E-state index in [2.05, 4.69) is 10.3 Å². The number of nitrogens with zero attached hydrogens (tertiary/aromatic N) is 3. The van der Waals surface area contributed by atoms with Gasteiger partial charge >= 0.3 is 6.03 Å². The third kappa shape index (κ3) is 5.22. The zero-order valence-electron chi connectivity index (χ0n) is 16.3. The molecule has 0 aliphatic carbocycles. The van der Waals surface area contributed by atoms with E-state index in [4.69, 9.17) is 4.74 Å². The maximum absolute atomic E-state index is 12.3. The van der Waals surface area contributed by atoms with Gasteiger partial charge in [-0.3, -0.25) is 9.78 Å². The van der Waals surface area contributed by atoms with Gasteiger partial charge in [0, 0.05) is 51.8 Å². The van der Waals surface area contributed by atoms with Crippen LogP contribution in [-0.4, -0.2) is 60.0 Å². The van der Waals surface area contributed by atoms with Crippen LogP contribution in [0.3, 0.4) is 0 Å². The number of carbonyl (C=O) groups is 2. The molecule has 1 aliphatic rings. The summed E-state index contributed by atoms with van der Waals surface area (Å²) in [6.45, 7) is 1.77. The molecule has 3 rings (SSSR count). The number of carbonyl (C=O) groups excluding carboxylic acids is 2. The quantitative estimate of drug-likeness (QED) is 0.862. The largest absolute Gasteiger partial charge is 0.490 e. The Morgan fingerprint density at radius 2 is 1.86 bits per heavy atom. The Bertz CT molecular complexity index is 785. The Balaban J connectivity index is 1.47. The highest BCUT2D eigenvalue weighted by atomic mass is 16.5. The Morgan fingerprint density at radius 1 is 1.14 bits per heavy atom. The van der Waals surface area contributed by atoms with Gasteiger partial charge in [-0.25, -0.2) is 4.79 Å². The minimum absolute atomic E-state index is 0.0412. The highest BCUT2D eigenvalue weighted by Crippen LogP contribution is 2.20. The zero-order chi connectivity index (χ0) is 19.9. The number of amides is 3. The third-order valence-corrected chi connectivity index (χ3v) is 4.67. The predicted octanol–water partition coefficient (Wildman–Crippen LogP) is 2.54. The molecule has 1 aliphatic heterocycles. The normalized spacial score (nSPS) is 14.4. The van der Waals surface area contributed by atoms with Crippen LogP contribution in [0, 0.1) is 0 Å². The van der Waals surface area contributed by atoms with Crippen LogP contribution in [0.4, 0.5) is 4.79 Å². The first-order valence-electron chi connectivity index (χ1n) is 9.44. The van der Waals surface area contributed by atoms with E-state index in [-0.39, 0.29) is 18.0 Å². The second-order valence-electron chi connectivity index (χ2n) is 7.01. The van der Waals surface area contributed by atoms with Crippen LogP contribution in [0.15, 0.2) is 48.7 Å². The van der Waals surface area contributed by atoms with Crippen molar-refractivity contribution < 1.29 is 14.3 Å². The van der Waals surface area contributed by atoms with Crippen LogP contribution in [0.25, 0.3) is 0 Å². The van der Waals surface area contributed by atoms with Gasteiger partial charge in [0.05, 0.1) is 12.2 Å². The van der Waals surface area contributed by atoms with E-state index in [9.17, 15) is 9.59 Å². The molecule has 3 amide bonds. The highest BCUT2D eigenvalue weighted by molar-refractivity contribution is 5.94. The maximum atomic E-state index is 12.3. The summed E-state index contributed by atoms with van der Waals surface area (Å²) in [4.78, 5) is 31.9. The number of rotatable bonds is 5. The Morgan fingerprint density at radius 3 is 2.46 bits per heavy atom. The topological polar surface area (TPSA) is 74.8 Å². The van der Waals surface area contributed by atoms with Gasteiger partial charge < -0.3 is 19.9 Å². The molecule has 148 valence electrons. The number of nitrogens with one attached hydrogen (secondary N) is 1. The number of ether oxygens (including phenoxy) is 1. The molecule has 1 N–H and O–H groups in total. The highest BCUT2D eigenvalue weighted by Gasteiger charge is 2.24. The number of likely N-dealkylation sites (tertiary alicyclic amines) is 1. The monoisotopic (exact) mass is 382 g/mol. The van der Waals surface area contributed by atoms with Crippen LogP contribution in [0.1, 0.15) is 28.9 Å². The SMILES string of the molecule is CN(C)C(=O)N1CCC(Oc2ccc(C(=O)NCc3ccccn3)cc2)CC1. The van der Waals surface area contributed by atoms with Gasteiger partial charge in [-0.2, -0.15) is 0 Å². The van der Waals surface area contributed by atoms with Crippen molar-refractivity contribution in [3.8, 4) is 5.75 Å². The van der Waals surface area contributed by atoms with E-state index in [1.807, 2.05) is 35.2 Å². The first-order chi connectivity index (χ1) is 13.5. The summed E-state index contributed by atoms with van der Waals surface area (Å²) >= 11 is 0. The second kappa shape index (κ2) is 9.21. The molecule has 0 radical (unpaired) electrons. The van der Waals surface area contributed by atoms with Crippen molar-refractivity contribution in [1.82, 2.24) is 20.1 Å². The van der Waals surface area contributed by atoms with E-state index in [0.717, 1.165) is 24.3 Å². The number of hydrogen-bond donors (Lipinski definition) is 1. The van der Waals surface area contributed by atoms with Gasteiger partial charge in [-0.05, 0) is 36.4 Å². The minimum atomic E-state index is -0.146. The van der Waals surface area contributed by atoms with Crippen LogP contribution in [-0.2, 0) is 6.54 Å². The van der Waals surface area contributed by atoms with Crippen LogP contribution in [0.5, 0.6) is 5.75 Å². The zero-order valence-corrected chi connectivity index (χ0v) is 16.3. The lowest BCUT2D eigenvalue weighted by atomic mass is 10.1. The van der Waals surface area contributed by atoms with E-state index < -0.39 is 0 Å². The van der Waals surface area contributed by atoms with Gasteiger partial charge in [0.25, 0.3) is 5.91 Å². The molecule has 1 aromatic carbocycles. The molecule has 28 heavy (non-hydrogen) atoms. The molecule has 0 unspecified atom stereocenters. The molecule has 2 heterocycles. The van der Waals surface area contributed by atoms with E-state index in [0.29, 0.717) is 25.2 Å². The van der Waals surface area contributed by atoms with Gasteiger partial charge in [0.2, 0.25) is 0 Å². The number of hydrogen-bond acceptors (Lipinski definition) is 4. The second-order valence-corrected chi connectivity index (χ2v) is 7.01. The molecule has 7 nitrogen and oxygen atoms in total. The van der Waals surface area contributed by atoms with E-state index in [1.165, 1.54) is 0 Å². The summed E-state index contributed by atoms with van der Waals surface area (Å²) in [7, 11) is 3.53. The number of benzene rings is 1. The standard InChI is InChI=1S/C21H26N4O3/c1-24(2)21(27)25-13-10-19(11-14-25)28-18-8-6-16(7-9-18)20(26)23-15-17-5-3-4-12-22-17/h3-9,12,19H,10-11,13-15H2,1-2H3,(H,23,26). The number of aromatic nitrogens is 1. The molecule has 0 atom stereocenters. The smallest absolute Gasteiger partial charge is 0.319 e. The first-order valence-corrected chi connectivity index (χ1v) is 9.44. The number of piperidine rings is 1. The third-order valence-electron chi connectivity index (χ3n) is 4.67. The molecule has 0 spiro atoms. The maximum Gasteiger partial charge on any atom is 0.319 e. The summed E-state index contributed by atoms with van der Waals surface area (Å²) in [5, 5.41) is 2.86. The Hall–Kier alpha value is -3.09. The molecule has 1 saturated heterocycles. The molecular weight excluding hydrogens is 356 g/mol. The molecular formula is C21H26N4O3.